The summed E-state index contributed by atoms with van der Waals surface area (Å²) >= 11 is 4.84. The number of nitrogens with zero attached hydrogens (tertiary/aromatic N) is 3. The topological polar surface area (TPSA) is 59.8 Å². The zero-order valence-electron chi connectivity index (χ0n) is 11.1. The van der Waals surface area contributed by atoms with E-state index in [1.165, 1.54) is 11.3 Å². The molecule has 0 saturated carbocycles. The molecule has 0 aliphatic rings. The SMILES string of the molecule is Cn1cnnc1-c1ccccc1NC(=O)c1csc(Br)c1. The van der Waals surface area contributed by atoms with Gasteiger partial charge in [0.15, 0.2) is 5.82 Å². The second-order valence-electron chi connectivity index (χ2n) is 4.40. The summed E-state index contributed by atoms with van der Waals surface area (Å²) < 4.78 is 2.74. The maximum atomic E-state index is 12.3. The van der Waals surface area contributed by atoms with Crippen LogP contribution in [0.3, 0.4) is 0 Å². The molecule has 1 N–H and O–H groups in total. The number of thiophene rings is 1. The average molecular weight is 363 g/mol. The van der Waals surface area contributed by atoms with Crippen LogP contribution in [0, 0.1) is 0 Å². The van der Waals surface area contributed by atoms with Crippen LogP contribution in [-0.4, -0.2) is 20.7 Å². The number of hydrogen-bond acceptors (Lipinski definition) is 4. The number of rotatable bonds is 3. The summed E-state index contributed by atoms with van der Waals surface area (Å²) in [6.07, 6.45) is 1.63. The third kappa shape index (κ3) is 2.88. The second kappa shape index (κ2) is 5.79. The quantitative estimate of drug-likeness (QED) is 0.774. The summed E-state index contributed by atoms with van der Waals surface area (Å²) in [4.78, 5) is 12.3. The van der Waals surface area contributed by atoms with E-state index in [2.05, 4.69) is 31.4 Å². The van der Waals surface area contributed by atoms with Crippen molar-refractivity contribution < 1.29 is 4.79 Å². The lowest BCUT2D eigenvalue weighted by Gasteiger charge is -2.09. The van der Waals surface area contributed by atoms with E-state index in [0.717, 1.165) is 9.35 Å². The van der Waals surface area contributed by atoms with Gasteiger partial charge in [-0.05, 0) is 34.1 Å². The number of halogens is 1. The van der Waals surface area contributed by atoms with Crippen molar-refractivity contribution in [2.45, 2.75) is 0 Å². The van der Waals surface area contributed by atoms with Gasteiger partial charge in [-0.25, -0.2) is 0 Å². The highest BCUT2D eigenvalue weighted by Gasteiger charge is 2.14. The first-order valence-corrected chi connectivity index (χ1v) is 7.81. The number of carbonyl (C=O) groups excluding carboxylic acids is 1. The van der Waals surface area contributed by atoms with E-state index in [-0.39, 0.29) is 5.91 Å². The van der Waals surface area contributed by atoms with Gasteiger partial charge in [0.1, 0.15) is 6.33 Å². The van der Waals surface area contributed by atoms with E-state index >= 15 is 0 Å². The molecule has 5 nitrogen and oxygen atoms in total. The lowest BCUT2D eigenvalue weighted by atomic mass is 10.1. The third-order valence-corrected chi connectivity index (χ3v) is 4.46. The number of para-hydroxylation sites is 1. The minimum absolute atomic E-state index is 0.147. The molecule has 2 heterocycles. The van der Waals surface area contributed by atoms with Crippen LogP contribution < -0.4 is 5.32 Å². The molecule has 1 aromatic carbocycles. The predicted octanol–water partition coefficient (Wildman–Crippen LogP) is 3.56. The normalized spacial score (nSPS) is 10.6. The number of benzene rings is 1. The van der Waals surface area contributed by atoms with Gasteiger partial charge in [0.05, 0.1) is 15.0 Å². The van der Waals surface area contributed by atoms with Crippen molar-refractivity contribution >= 4 is 38.9 Å². The zero-order chi connectivity index (χ0) is 14.8. The molecular weight excluding hydrogens is 352 g/mol. The zero-order valence-corrected chi connectivity index (χ0v) is 13.5. The number of carbonyl (C=O) groups is 1. The Hall–Kier alpha value is -1.99. The van der Waals surface area contributed by atoms with Crippen LogP contribution in [0.1, 0.15) is 10.4 Å². The largest absolute Gasteiger partial charge is 0.321 e. The van der Waals surface area contributed by atoms with Crippen molar-refractivity contribution in [1.82, 2.24) is 14.8 Å². The molecule has 0 bridgehead atoms. The molecule has 0 radical (unpaired) electrons. The Morgan fingerprint density at radius 3 is 2.86 bits per heavy atom. The van der Waals surface area contributed by atoms with E-state index in [1.54, 1.807) is 12.4 Å². The molecule has 3 aromatic rings. The Bertz CT molecular complexity index is 796. The summed E-state index contributed by atoms with van der Waals surface area (Å²) in [7, 11) is 1.87. The molecular formula is C14H11BrN4OS. The molecule has 2 aromatic heterocycles. The van der Waals surface area contributed by atoms with Crippen LogP contribution in [0.5, 0.6) is 0 Å². The first-order chi connectivity index (χ1) is 10.1. The van der Waals surface area contributed by atoms with Crippen molar-refractivity contribution in [3.63, 3.8) is 0 Å². The van der Waals surface area contributed by atoms with E-state index in [0.29, 0.717) is 17.1 Å². The van der Waals surface area contributed by atoms with Crippen molar-refractivity contribution in [1.29, 1.82) is 0 Å². The molecule has 1 amide bonds. The number of hydrogen-bond donors (Lipinski definition) is 1. The number of amides is 1. The van der Waals surface area contributed by atoms with E-state index in [1.807, 2.05) is 41.3 Å². The van der Waals surface area contributed by atoms with Gasteiger partial charge in [0.25, 0.3) is 5.91 Å². The summed E-state index contributed by atoms with van der Waals surface area (Å²) in [5.74, 6) is 0.559. The van der Waals surface area contributed by atoms with Crippen molar-refractivity contribution in [3.05, 3.63) is 51.4 Å². The first kappa shape index (κ1) is 14.0. The van der Waals surface area contributed by atoms with Crippen molar-refractivity contribution in [2.75, 3.05) is 5.32 Å². The highest BCUT2D eigenvalue weighted by molar-refractivity contribution is 9.11. The van der Waals surface area contributed by atoms with Crippen LogP contribution in [0.25, 0.3) is 11.4 Å². The molecule has 0 unspecified atom stereocenters. The number of nitrogens with one attached hydrogen (secondary N) is 1. The predicted molar refractivity (Wildman–Crippen MR) is 86.4 cm³/mol. The smallest absolute Gasteiger partial charge is 0.256 e. The lowest BCUT2D eigenvalue weighted by molar-refractivity contribution is 0.102. The molecule has 3 rings (SSSR count). The van der Waals surface area contributed by atoms with Gasteiger partial charge in [-0.15, -0.1) is 21.5 Å². The van der Waals surface area contributed by atoms with E-state index < -0.39 is 0 Å². The Morgan fingerprint density at radius 2 is 2.19 bits per heavy atom. The fourth-order valence-corrected chi connectivity index (χ4v) is 3.07. The third-order valence-electron chi connectivity index (χ3n) is 2.96. The molecule has 0 fully saturated rings. The van der Waals surface area contributed by atoms with Crippen LogP contribution in [0.15, 0.2) is 45.8 Å². The highest BCUT2D eigenvalue weighted by atomic mass is 79.9. The van der Waals surface area contributed by atoms with Gasteiger partial charge < -0.3 is 9.88 Å². The van der Waals surface area contributed by atoms with Crippen LogP contribution in [0.2, 0.25) is 0 Å². The van der Waals surface area contributed by atoms with Crippen LogP contribution in [-0.2, 0) is 7.05 Å². The average Bonchev–Trinajstić information content (AvgIpc) is 3.08. The fourth-order valence-electron chi connectivity index (χ4n) is 1.94. The molecule has 0 aliphatic carbocycles. The van der Waals surface area contributed by atoms with E-state index in [4.69, 9.17) is 0 Å². The molecule has 0 aliphatic heterocycles. The van der Waals surface area contributed by atoms with Gasteiger partial charge in [-0.3, -0.25) is 4.79 Å². The Labute approximate surface area is 133 Å². The number of anilines is 1. The van der Waals surface area contributed by atoms with Gasteiger partial charge in [0.2, 0.25) is 0 Å². The highest BCUT2D eigenvalue weighted by Crippen LogP contribution is 2.27. The fraction of sp³-hybridized carbons (Fsp3) is 0.0714. The monoisotopic (exact) mass is 362 g/mol. The molecule has 0 spiro atoms. The maximum Gasteiger partial charge on any atom is 0.256 e. The number of aryl methyl sites for hydroxylation is 1. The lowest BCUT2D eigenvalue weighted by Crippen LogP contribution is -2.12. The summed E-state index contributed by atoms with van der Waals surface area (Å²) in [5.41, 5.74) is 2.17. The Balaban J connectivity index is 1.93. The van der Waals surface area contributed by atoms with Crippen molar-refractivity contribution in [3.8, 4) is 11.4 Å². The summed E-state index contributed by atoms with van der Waals surface area (Å²) in [5, 5.41) is 12.7. The molecule has 21 heavy (non-hydrogen) atoms. The van der Waals surface area contributed by atoms with Gasteiger partial charge in [-0.2, -0.15) is 0 Å². The standard InChI is InChI=1S/C14H11BrN4OS/c1-19-8-16-18-13(19)10-4-2-3-5-11(10)17-14(20)9-6-12(15)21-7-9/h2-8H,1H3,(H,17,20). The minimum atomic E-state index is -0.147. The Morgan fingerprint density at radius 1 is 1.38 bits per heavy atom. The molecule has 0 saturated heterocycles. The summed E-state index contributed by atoms with van der Waals surface area (Å²) in [6, 6.07) is 9.33. The first-order valence-electron chi connectivity index (χ1n) is 6.14. The molecule has 106 valence electrons. The van der Waals surface area contributed by atoms with Crippen LogP contribution in [0.4, 0.5) is 5.69 Å². The summed E-state index contributed by atoms with van der Waals surface area (Å²) in [6.45, 7) is 0. The Kier molecular flexibility index (Phi) is 3.85. The minimum Gasteiger partial charge on any atom is -0.321 e. The second-order valence-corrected chi connectivity index (χ2v) is 6.70. The van der Waals surface area contributed by atoms with Gasteiger partial charge >= 0.3 is 0 Å². The van der Waals surface area contributed by atoms with Gasteiger partial charge in [0, 0.05) is 18.0 Å². The van der Waals surface area contributed by atoms with E-state index in [9.17, 15) is 4.79 Å². The molecule has 0 atom stereocenters. The number of aromatic nitrogens is 3. The maximum absolute atomic E-state index is 12.3. The molecule has 7 heteroatoms. The van der Waals surface area contributed by atoms with Crippen LogP contribution >= 0.6 is 27.3 Å². The van der Waals surface area contributed by atoms with Crippen molar-refractivity contribution in [2.24, 2.45) is 7.05 Å². The van der Waals surface area contributed by atoms with Gasteiger partial charge in [-0.1, -0.05) is 12.1 Å².